The van der Waals surface area contributed by atoms with E-state index < -0.39 is 5.97 Å². The molecule has 0 fully saturated rings. The summed E-state index contributed by atoms with van der Waals surface area (Å²) >= 11 is 0. The molecule has 0 bridgehead atoms. The highest BCUT2D eigenvalue weighted by Crippen LogP contribution is 2.12. The number of esters is 1. The molecule has 138 valence electrons. The number of hydrogen-bond acceptors (Lipinski definition) is 5. The molecule has 5 nitrogen and oxygen atoms in total. The molecule has 25 heavy (non-hydrogen) atoms. The molecular formula is C20H28O5. The van der Waals surface area contributed by atoms with Gasteiger partial charge in [-0.15, -0.1) is 0 Å². The highest BCUT2D eigenvalue weighted by atomic mass is 16.6. The van der Waals surface area contributed by atoms with Crippen LogP contribution in [0.2, 0.25) is 0 Å². The van der Waals surface area contributed by atoms with Crippen molar-refractivity contribution in [2.75, 3.05) is 20.3 Å². The summed E-state index contributed by atoms with van der Waals surface area (Å²) in [5.41, 5.74) is 0.964. The van der Waals surface area contributed by atoms with E-state index >= 15 is 0 Å². The smallest absolute Gasteiger partial charge is 0.332 e. The Morgan fingerprint density at radius 3 is 2.56 bits per heavy atom. The predicted molar refractivity (Wildman–Crippen MR) is 97.3 cm³/mol. The molecule has 1 aromatic carbocycles. The Hall–Kier alpha value is -2.27. The van der Waals surface area contributed by atoms with Gasteiger partial charge in [0.05, 0.1) is 20.3 Å². The topological polar surface area (TPSA) is 54.0 Å². The molecule has 5 heteroatoms. The minimum Gasteiger partial charge on any atom is -0.497 e. The molecule has 1 rings (SSSR count). The summed E-state index contributed by atoms with van der Waals surface area (Å²) in [6.07, 6.45) is 4.85. The number of allylic oxidation sites excluding steroid dienone is 1. The monoisotopic (exact) mass is 348 g/mol. The van der Waals surface area contributed by atoms with Crippen LogP contribution in [0.1, 0.15) is 32.3 Å². The van der Waals surface area contributed by atoms with Crippen LogP contribution in [0.3, 0.4) is 0 Å². The molecule has 0 N–H and O–H groups in total. The van der Waals surface area contributed by atoms with E-state index in [1.165, 1.54) is 0 Å². The molecule has 0 saturated heterocycles. The van der Waals surface area contributed by atoms with Crippen molar-refractivity contribution in [1.82, 2.24) is 0 Å². The standard InChI is InChI=1S/C20H28O5/c1-5-7-19(11-8-16(3)24-6-2)25-20(21)15-23-14-17-9-12-18(22-4)13-10-17/h8-13,19H,3,5-7,14-15H2,1-2,4H3/b11-8+. The predicted octanol–water partition coefficient (Wildman–Crippen LogP) is 4.03. The molecule has 0 aliphatic carbocycles. The van der Waals surface area contributed by atoms with E-state index in [-0.39, 0.29) is 12.7 Å². The molecule has 0 spiro atoms. The summed E-state index contributed by atoms with van der Waals surface area (Å²) in [5.74, 6) is 0.944. The highest BCUT2D eigenvalue weighted by molar-refractivity contribution is 5.71. The summed E-state index contributed by atoms with van der Waals surface area (Å²) in [6, 6.07) is 7.49. The van der Waals surface area contributed by atoms with Gasteiger partial charge in [0.25, 0.3) is 0 Å². The third-order valence-electron chi connectivity index (χ3n) is 3.33. The van der Waals surface area contributed by atoms with Crippen molar-refractivity contribution in [3.05, 3.63) is 54.3 Å². The second-order valence-corrected chi connectivity index (χ2v) is 5.42. The fourth-order valence-electron chi connectivity index (χ4n) is 2.10. The number of carbonyl (C=O) groups excluding carboxylic acids is 1. The average Bonchev–Trinajstić information content (AvgIpc) is 2.61. The van der Waals surface area contributed by atoms with Crippen LogP contribution in [-0.4, -0.2) is 32.4 Å². The van der Waals surface area contributed by atoms with Crippen molar-refractivity contribution in [2.24, 2.45) is 0 Å². The van der Waals surface area contributed by atoms with Crippen molar-refractivity contribution < 1.29 is 23.7 Å². The fraction of sp³-hybridized carbons (Fsp3) is 0.450. The minimum absolute atomic E-state index is 0.0908. The highest BCUT2D eigenvalue weighted by Gasteiger charge is 2.11. The molecule has 0 aliphatic rings. The molecular weight excluding hydrogens is 320 g/mol. The normalized spacial score (nSPS) is 12.0. The van der Waals surface area contributed by atoms with E-state index in [1.807, 2.05) is 38.1 Å². The molecule has 1 unspecified atom stereocenters. The van der Waals surface area contributed by atoms with Gasteiger partial charge in [0.15, 0.2) is 0 Å². The lowest BCUT2D eigenvalue weighted by Gasteiger charge is -2.14. The van der Waals surface area contributed by atoms with Gasteiger partial charge in [0.1, 0.15) is 24.2 Å². The zero-order valence-electron chi connectivity index (χ0n) is 15.3. The Morgan fingerprint density at radius 2 is 1.96 bits per heavy atom. The first-order valence-corrected chi connectivity index (χ1v) is 8.49. The fourth-order valence-corrected chi connectivity index (χ4v) is 2.10. The largest absolute Gasteiger partial charge is 0.497 e. The molecule has 0 aromatic heterocycles. The van der Waals surface area contributed by atoms with Gasteiger partial charge in [-0.05, 0) is 43.2 Å². The van der Waals surface area contributed by atoms with Gasteiger partial charge in [-0.3, -0.25) is 0 Å². The summed E-state index contributed by atoms with van der Waals surface area (Å²) < 4.78 is 21.2. The number of ether oxygens (including phenoxy) is 4. The number of carbonyl (C=O) groups is 1. The van der Waals surface area contributed by atoms with Crippen LogP contribution in [0.25, 0.3) is 0 Å². The van der Waals surface area contributed by atoms with Crippen molar-refractivity contribution in [3.8, 4) is 5.75 Å². The van der Waals surface area contributed by atoms with Gasteiger partial charge < -0.3 is 18.9 Å². The molecule has 0 saturated carbocycles. The van der Waals surface area contributed by atoms with Gasteiger partial charge in [-0.1, -0.05) is 32.1 Å². The maximum absolute atomic E-state index is 11.9. The molecule has 0 aliphatic heterocycles. The Morgan fingerprint density at radius 1 is 1.24 bits per heavy atom. The van der Waals surface area contributed by atoms with Crippen LogP contribution in [0.15, 0.2) is 48.8 Å². The quantitative estimate of drug-likeness (QED) is 0.324. The maximum Gasteiger partial charge on any atom is 0.332 e. The van der Waals surface area contributed by atoms with Crippen LogP contribution in [0.5, 0.6) is 5.75 Å². The Kier molecular flexibility index (Phi) is 10.1. The van der Waals surface area contributed by atoms with Crippen LogP contribution < -0.4 is 4.74 Å². The second kappa shape index (κ2) is 12.1. The summed E-state index contributed by atoms with van der Waals surface area (Å²) in [4.78, 5) is 11.9. The van der Waals surface area contributed by atoms with Crippen molar-refractivity contribution in [3.63, 3.8) is 0 Å². The number of hydrogen-bond donors (Lipinski definition) is 0. The van der Waals surface area contributed by atoms with Crippen LogP contribution in [0.4, 0.5) is 0 Å². The lowest BCUT2D eigenvalue weighted by Crippen LogP contribution is -2.20. The zero-order valence-corrected chi connectivity index (χ0v) is 15.3. The minimum atomic E-state index is -0.390. The van der Waals surface area contributed by atoms with Crippen LogP contribution in [0, 0.1) is 0 Å². The molecule has 1 atom stereocenters. The van der Waals surface area contributed by atoms with Crippen molar-refractivity contribution >= 4 is 5.97 Å². The van der Waals surface area contributed by atoms with E-state index in [0.29, 0.717) is 19.0 Å². The van der Waals surface area contributed by atoms with Crippen LogP contribution in [-0.2, 0) is 25.6 Å². The van der Waals surface area contributed by atoms with Gasteiger partial charge in [-0.25, -0.2) is 4.79 Å². The Bertz CT molecular complexity index is 548. The zero-order chi connectivity index (χ0) is 18.5. The first kappa shape index (κ1) is 20.8. The third kappa shape index (κ3) is 8.96. The van der Waals surface area contributed by atoms with Gasteiger partial charge in [0, 0.05) is 0 Å². The average molecular weight is 348 g/mol. The Labute approximate surface area is 150 Å². The summed E-state index contributed by atoms with van der Waals surface area (Å²) in [7, 11) is 1.62. The summed E-state index contributed by atoms with van der Waals surface area (Å²) in [5, 5.41) is 0. The second-order valence-electron chi connectivity index (χ2n) is 5.42. The van der Waals surface area contributed by atoms with E-state index in [0.717, 1.165) is 24.2 Å². The molecule has 0 radical (unpaired) electrons. The number of rotatable bonds is 12. The number of methoxy groups -OCH3 is 1. The van der Waals surface area contributed by atoms with Gasteiger partial charge in [0.2, 0.25) is 0 Å². The van der Waals surface area contributed by atoms with Crippen LogP contribution >= 0.6 is 0 Å². The SMILES string of the molecule is C=C(/C=C/C(CCC)OC(=O)COCc1ccc(OC)cc1)OCC. The summed E-state index contributed by atoms with van der Waals surface area (Å²) in [6.45, 7) is 8.50. The lowest BCUT2D eigenvalue weighted by atomic mass is 10.2. The van der Waals surface area contributed by atoms with Gasteiger partial charge >= 0.3 is 5.97 Å². The van der Waals surface area contributed by atoms with E-state index in [9.17, 15) is 4.79 Å². The number of benzene rings is 1. The van der Waals surface area contributed by atoms with Gasteiger partial charge in [-0.2, -0.15) is 0 Å². The van der Waals surface area contributed by atoms with Crippen molar-refractivity contribution in [1.29, 1.82) is 0 Å². The van der Waals surface area contributed by atoms with E-state index in [2.05, 4.69) is 6.58 Å². The third-order valence-corrected chi connectivity index (χ3v) is 3.33. The lowest BCUT2D eigenvalue weighted by molar-refractivity contribution is -0.153. The van der Waals surface area contributed by atoms with E-state index in [1.54, 1.807) is 19.3 Å². The molecule has 0 amide bonds. The van der Waals surface area contributed by atoms with E-state index in [4.69, 9.17) is 18.9 Å². The molecule has 1 aromatic rings. The van der Waals surface area contributed by atoms with Crippen molar-refractivity contribution in [2.45, 2.75) is 39.4 Å². The first-order chi connectivity index (χ1) is 12.1. The Balaban J connectivity index is 2.39. The maximum atomic E-state index is 11.9. The first-order valence-electron chi connectivity index (χ1n) is 8.49. The molecule has 0 heterocycles.